The fourth-order valence-electron chi connectivity index (χ4n) is 4.09. The zero-order chi connectivity index (χ0) is 22.6. The predicted octanol–water partition coefficient (Wildman–Crippen LogP) is 3.33. The molecular formula is C24H29N5OS. The Hall–Kier alpha value is -2.82. The molecule has 0 saturated heterocycles. The van der Waals surface area contributed by atoms with Crippen molar-refractivity contribution >= 4 is 23.4 Å². The Balaban J connectivity index is 2.21. The molecule has 1 atom stereocenters. The van der Waals surface area contributed by atoms with E-state index in [1.54, 1.807) is 17.3 Å². The number of hydrogen-bond donors (Lipinski definition) is 0. The van der Waals surface area contributed by atoms with E-state index < -0.39 is 5.41 Å². The van der Waals surface area contributed by atoms with Gasteiger partial charge in [0.2, 0.25) is 5.91 Å². The van der Waals surface area contributed by atoms with Crippen molar-refractivity contribution in [2.75, 3.05) is 52.4 Å². The molecule has 0 aliphatic carbocycles. The quantitative estimate of drug-likeness (QED) is 0.634. The zero-order valence-corrected chi connectivity index (χ0v) is 19.6. The molecule has 1 aromatic carbocycles. The molecule has 6 nitrogen and oxygen atoms in total. The number of amides is 1. The van der Waals surface area contributed by atoms with Gasteiger partial charge in [-0.15, -0.1) is 11.8 Å². The summed E-state index contributed by atoms with van der Waals surface area (Å²) < 4.78 is 0. The van der Waals surface area contributed by atoms with Gasteiger partial charge in [0.15, 0.2) is 0 Å². The van der Waals surface area contributed by atoms with Gasteiger partial charge in [-0.05, 0) is 62.6 Å². The minimum Gasteiger partial charge on any atom is -0.378 e. The van der Waals surface area contributed by atoms with E-state index in [1.807, 2.05) is 75.7 Å². The first kappa shape index (κ1) is 22.9. The maximum absolute atomic E-state index is 14.1. The molecule has 2 heterocycles. The number of aromatic nitrogens is 1. The highest BCUT2D eigenvalue weighted by atomic mass is 32.2. The molecule has 1 aromatic heterocycles. The van der Waals surface area contributed by atoms with E-state index in [2.05, 4.69) is 16.0 Å². The molecule has 162 valence electrons. The smallest absolute Gasteiger partial charge is 0.247 e. The van der Waals surface area contributed by atoms with Crippen molar-refractivity contribution in [1.29, 1.82) is 5.26 Å². The largest absolute Gasteiger partial charge is 0.378 e. The van der Waals surface area contributed by atoms with E-state index in [0.29, 0.717) is 12.1 Å². The minimum atomic E-state index is -1.19. The average molecular weight is 436 g/mol. The van der Waals surface area contributed by atoms with Crippen LogP contribution in [0.1, 0.15) is 17.5 Å². The van der Waals surface area contributed by atoms with Crippen LogP contribution in [0.2, 0.25) is 0 Å². The summed E-state index contributed by atoms with van der Waals surface area (Å²) in [7, 11) is 7.99. The van der Waals surface area contributed by atoms with Crippen molar-refractivity contribution in [1.82, 2.24) is 14.8 Å². The second kappa shape index (κ2) is 9.54. The van der Waals surface area contributed by atoms with E-state index >= 15 is 0 Å². The van der Waals surface area contributed by atoms with Gasteiger partial charge in [-0.3, -0.25) is 9.78 Å². The van der Waals surface area contributed by atoms with E-state index in [1.165, 1.54) is 11.8 Å². The number of benzene rings is 1. The molecule has 0 spiro atoms. The molecule has 7 heteroatoms. The molecule has 1 aliphatic rings. The SMILES string of the molecule is CSC1=C(C#N)C(c2ccc(N(C)C)cc2)(c2cccnc2)C(=O)N1CCCN(C)C. The van der Waals surface area contributed by atoms with Crippen LogP contribution in [0.15, 0.2) is 59.4 Å². The molecule has 1 unspecified atom stereocenters. The topological polar surface area (TPSA) is 63.5 Å². The van der Waals surface area contributed by atoms with Gasteiger partial charge in [0, 0.05) is 38.7 Å². The summed E-state index contributed by atoms with van der Waals surface area (Å²) >= 11 is 1.46. The molecule has 3 rings (SSSR count). The highest BCUT2D eigenvalue weighted by molar-refractivity contribution is 8.02. The highest BCUT2D eigenvalue weighted by Crippen LogP contribution is 2.50. The summed E-state index contributed by atoms with van der Waals surface area (Å²) in [6, 6.07) is 14.0. The van der Waals surface area contributed by atoms with Crippen molar-refractivity contribution < 1.29 is 4.79 Å². The summed E-state index contributed by atoms with van der Waals surface area (Å²) in [6.45, 7) is 1.43. The van der Waals surface area contributed by atoms with Crippen molar-refractivity contribution in [2.24, 2.45) is 0 Å². The first-order chi connectivity index (χ1) is 14.9. The Labute approximate surface area is 189 Å². The Morgan fingerprint density at radius 2 is 1.84 bits per heavy atom. The maximum atomic E-state index is 14.1. The molecule has 0 bridgehead atoms. The first-order valence-corrected chi connectivity index (χ1v) is 11.4. The van der Waals surface area contributed by atoms with Crippen LogP contribution in [-0.2, 0) is 10.2 Å². The maximum Gasteiger partial charge on any atom is 0.247 e. The number of carbonyl (C=O) groups excluding carboxylic acids is 1. The van der Waals surface area contributed by atoms with Gasteiger partial charge in [0.1, 0.15) is 5.41 Å². The van der Waals surface area contributed by atoms with Crippen molar-refractivity contribution in [2.45, 2.75) is 11.8 Å². The van der Waals surface area contributed by atoms with Crippen LogP contribution >= 0.6 is 11.8 Å². The van der Waals surface area contributed by atoms with Gasteiger partial charge in [0.25, 0.3) is 0 Å². The Morgan fingerprint density at radius 1 is 1.13 bits per heavy atom. The number of hydrogen-bond acceptors (Lipinski definition) is 6. The second-order valence-electron chi connectivity index (χ2n) is 8.04. The lowest BCUT2D eigenvalue weighted by molar-refractivity contribution is -0.130. The van der Waals surface area contributed by atoms with Crippen LogP contribution < -0.4 is 4.90 Å². The molecule has 0 saturated carbocycles. The highest BCUT2D eigenvalue weighted by Gasteiger charge is 2.55. The molecule has 0 N–H and O–H groups in total. The van der Waals surface area contributed by atoms with Crippen LogP contribution in [-0.4, -0.2) is 68.2 Å². The number of carbonyl (C=O) groups is 1. The van der Waals surface area contributed by atoms with E-state index in [0.717, 1.165) is 34.8 Å². The summed E-state index contributed by atoms with van der Waals surface area (Å²) in [5, 5.41) is 11.0. The number of thioether (sulfide) groups is 1. The lowest BCUT2D eigenvalue weighted by Gasteiger charge is -2.30. The van der Waals surface area contributed by atoms with Gasteiger partial charge in [0.05, 0.1) is 16.7 Å². The summed E-state index contributed by atoms with van der Waals surface area (Å²) in [5.41, 5.74) is 1.82. The van der Waals surface area contributed by atoms with Crippen molar-refractivity contribution in [3.63, 3.8) is 0 Å². The molecule has 2 aromatic rings. The number of anilines is 1. The predicted molar refractivity (Wildman–Crippen MR) is 127 cm³/mol. The summed E-state index contributed by atoms with van der Waals surface area (Å²) in [6.07, 6.45) is 6.14. The molecule has 1 aliphatic heterocycles. The Kier molecular flexibility index (Phi) is 7.04. The number of pyridine rings is 1. The van der Waals surface area contributed by atoms with Crippen molar-refractivity contribution in [3.05, 3.63) is 70.5 Å². The van der Waals surface area contributed by atoms with Crippen LogP contribution in [0.3, 0.4) is 0 Å². The van der Waals surface area contributed by atoms with Gasteiger partial charge in [-0.1, -0.05) is 18.2 Å². The number of rotatable bonds is 8. The molecule has 0 fully saturated rings. The first-order valence-electron chi connectivity index (χ1n) is 10.2. The van der Waals surface area contributed by atoms with Gasteiger partial charge in [-0.25, -0.2) is 0 Å². The lowest BCUT2D eigenvalue weighted by atomic mass is 9.70. The van der Waals surface area contributed by atoms with Crippen molar-refractivity contribution in [3.8, 4) is 6.07 Å². The van der Waals surface area contributed by atoms with Crippen LogP contribution in [0.25, 0.3) is 0 Å². The summed E-state index contributed by atoms with van der Waals surface area (Å²) in [5.74, 6) is -0.0854. The summed E-state index contributed by atoms with van der Waals surface area (Å²) in [4.78, 5) is 24.3. The average Bonchev–Trinajstić information content (AvgIpc) is 3.02. The lowest BCUT2D eigenvalue weighted by Crippen LogP contribution is -2.42. The van der Waals surface area contributed by atoms with Crippen LogP contribution in [0.5, 0.6) is 0 Å². The van der Waals surface area contributed by atoms with Gasteiger partial charge >= 0.3 is 0 Å². The standard InChI is InChI=1S/C24H29N5OS/c1-27(2)14-7-15-29-22(31-5)21(16-25)24(23(29)30,19-8-6-13-26-17-19)18-9-11-20(12-10-18)28(3)4/h6,8-13,17H,7,14-15H2,1-5H3. The fourth-order valence-corrected chi connectivity index (χ4v) is 4.88. The number of nitrogens with zero attached hydrogens (tertiary/aromatic N) is 5. The third-order valence-corrected chi connectivity index (χ3v) is 6.41. The van der Waals surface area contributed by atoms with Crippen LogP contribution in [0, 0.1) is 11.3 Å². The molecule has 1 amide bonds. The number of nitriles is 1. The molecular weight excluding hydrogens is 406 g/mol. The third kappa shape index (κ3) is 4.06. The van der Waals surface area contributed by atoms with Crippen LogP contribution in [0.4, 0.5) is 5.69 Å². The Bertz CT molecular complexity index is 995. The van der Waals surface area contributed by atoms with E-state index in [-0.39, 0.29) is 5.91 Å². The zero-order valence-electron chi connectivity index (χ0n) is 18.8. The second-order valence-corrected chi connectivity index (χ2v) is 8.84. The van der Waals surface area contributed by atoms with E-state index in [9.17, 15) is 10.1 Å². The Morgan fingerprint density at radius 3 is 2.35 bits per heavy atom. The minimum absolute atomic E-state index is 0.0854. The fraction of sp³-hybridized carbons (Fsp3) is 0.375. The van der Waals surface area contributed by atoms with E-state index in [4.69, 9.17) is 0 Å². The molecule has 0 radical (unpaired) electrons. The van der Waals surface area contributed by atoms with Gasteiger partial charge < -0.3 is 14.7 Å². The van der Waals surface area contributed by atoms with Gasteiger partial charge in [-0.2, -0.15) is 5.26 Å². The normalized spacial score (nSPS) is 18.6. The molecule has 31 heavy (non-hydrogen) atoms. The third-order valence-electron chi connectivity index (χ3n) is 5.60. The monoisotopic (exact) mass is 435 g/mol.